The molecule has 0 unspecified atom stereocenters. The van der Waals surface area contributed by atoms with Gasteiger partial charge in [0.25, 0.3) is 3.79 Å². The van der Waals surface area contributed by atoms with Gasteiger partial charge in [-0.2, -0.15) is 0 Å². The Morgan fingerprint density at radius 3 is 1.58 bits per heavy atom. The van der Waals surface area contributed by atoms with Gasteiger partial charge in [0.05, 0.1) is 24.3 Å². The summed E-state index contributed by atoms with van der Waals surface area (Å²) in [5.41, 5.74) is 2.21. The van der Waals surface area contributed by atoms with Gasteiger partial charge in [-0.1, -0.05) is 132 Å². The van der Waals surface area contributed by atoms with Gasteiger partial charge in [-0.25, -0.2) is 9.59 Å². The van der Waals surface area contributed by atoms with E-state index < -0.39 is 58.9 Å². The standard InChI is InChI=1S/C36H32Cl3NO8/c37-36(38,39)35(40)48-34-31(44-22-25-15-7-2-8-16-25)30(43-21-24-13-5-1-6-14-24)29(47-33(42)27-19-11-4-12-20-27)28(46-34)23-45-32(41)26-17-9-3-10-18-26/h1-20,28-31,34,40H,21-23H2/t28-,29+,30+,31-,34-/m1/s1. The van der Waals surface area contributed by atoms with E-state index in [0.29, 0.717) is 5.56 Å². The highest BCUT2D eigenvalue weighted by atomic mass is 35.6. The third-order valence-electron chi connectivity index (χ3n) is 7.29. The van der Waals surface area contributed by atoms with Crippen LogP contribution >= 0.6 is 34.8 Å². The van der Waals surface area contributed by atoms with E-state index in [1.54, 1.807) is 60.7 Å². The van der Waals surface area contributed by atoms with Crippen molar-refractivity contribution in [2.24, 2.45) is 0 Å². The molecule has 4 aromatic rings. The molecule has 5 atom stereocenters. The smallest absolute Gasteiger partial charge is 0.338 e. The summed E-state index contributed by atoms with van der Waals surface area (Å²) >= 11 is 18.0. The minimum Gasteiger partial charge on any atom is -0.459 e. The van der Waals surface area contributed by atoms with Crippen LogP contribution in [0.2, 0.25) is 0 Å². The number of carbonyl (C=O) groups excluding carboxylic acids is 2. The molecule has 9 nitrogen and oxygen atoms in total. The van der Waals surface area contributed by atoms with E-state index in [0.717, 1.165) is 11.1 Å². The molecule has 0 saturated carbocycles. The fourth-order valence-corrected chi connectivity index (χ4v) is 5.05. The lowest BCUT2D eigenvalue weighted by Crippen LogP contribution is -2.62. The summed E-state index contributed by atoms with van der Waals surface area (Å²) in [6.45, 7) is -0.257. The summed E-state index contributed by atoms with van der Waals surface area (Å²) in [4.78, 5) is 26.5. The number of esters is 2. The first kappa shape index (κ1) is 35.3. The average Bonchev–Trinajstić information content (AvgIpc) is 3.11. The van der Waals surface area contributed by atoms with E-state index in [2.05, 4.69) is 0 Å². The van der Waals surface area contributed by atoms with Crippen LogP contribution in [0, 0.1) is 5.41 Å². The van der Waals surface area contributed by atoms with Crippen molar-refractivity contribution < 1.29 is 38.0 Å². The predicted molar refractivity (Wildman–Crippen MR) is 180 cm³/mol. The van der Waals surface area contributed by atoms with Gasteiger partial charge in [0, 0.05) is 0 Å². The molecule has 1 saturated heterocycles. The summed E-state index contributed by atoms with van der Waals surface area (Å²) in [6, 6.07) is 35.4. The number of nitrogens with one attached hydrogen (secondary N) is 1. The molecule has 4 aromatic carbocycles. The van der Waals surface area contributed by atoms with Gasteiger partial charge in [0.15, 0.2) is 6.10 Å². The van der Waals surface area contributed by atoms with E-state index in [-0.39, 0.29) is 18.8 Å². The molecule has 1 N–H and O–H groups in total. The summed E-state index contributed by atoms with van der Waals surface area (Å²) in [5.74, 6) is -2.05. The number of carbonyl (C=O) groups is 2. The highest BCUT2D eigenvalue weighted by Gasteiger charge is 2.52. The zero-order valence-corrected chi connectivity index (χ0v) is 27.7. The van der Waals surface area contributed by atoms with Gasteiger partial charge in [0.2, 0.25) is 12.2 Å². The van der Waals surface area contributed by atoms with Crippen molar-refractivity contribution >= 4 is 52.6 Å². The molecule has 0 amide bonds. The van der Waals surface area contributed by atoms with E-state index in [1.165, 1.54) is 0 Å². The molecule has 0 aliphatic carbocycles. The van der Waals surface area contributed by atoms with Crippen LogP contribution in [0.5, 0.6) is 0 Å². The third-order valence-corrected chi connectivity index (χ3v) is 7.81. The maximum atomic E-state index is 13.5. The first-order valence-electron chi connectivity index (χ1n) is 15.0. The quantitative estimate of drug-likeness (QED) is 0.0704. The summed E-state index contributed by atoms with van der Waals surface area (Å²) in [6.07, 6.45) is -6.03. The van der Waals surface area contributed by atoms with Crippen molar-refractivity contribution in [3.05, 3.63) is 144 Å². The van der Waals surface area contributed by atoms with Crippen molar-refractivity contribution in [1.82, 2.24) is 0 Å². The van der Waals surface area contributed by atoms with E-state index in [4.69, 9.17) is 68.6 Å². The number of hydrogen-bond acceptors (Lipinski definition) is 9. The second kappa shape index (κ2) is 16.9. The Labute approximate surface area is 293 Å². The summed E-state index contributed by atoms with van der Waals surface area (Å²) in [5, 5.41) is 8.32. The number of ether oxygens (including phenoxy) is 6. The predicted octanol–water partition coefficient (Wildman–Crippen LogP) is 7.33. The molecule has 0 aromatic heterocycles. The van der Waals surface area contributed by atoms with Gasteiger partial charge in [-0.3, -0.25) is 5.41 Å². The Bertz CT molecular complexity index is 1630. The van der Waals surface area contributed by atoms with Crippen molar-refractivity contribution in [2.45, 2.75) is 47.7 Å². The topological polar surface area (TPSA) is 113 Å². The lowest BCUT2D eigenvalue weighted by atomic mass is 9.97. The molecule has 1 fully saturated rings. The molecule has 0 bridgehead atoms. The molecule has 0 radical (unpaired) electrons. The Morgan fingerprint density at radius 2 is 1.08 bits per heavy atom. The van der Waals surface area contributed by atoms with Crippen LogP contribution in [-0.4, -0.2) is 58.9 Å². The van der Waals surface area contributed by atoms with E-state index in [9.17, 15) is 9.59 Å². The van der Waals surface area contributed by atoms with Crippen molar-refractivity contribution in [3.63, 3.8) is 0 Å². The van der Waals surface area contributed by atoms with Crippen molar-refractivity contribution in [1.29, 1.82) is 5.41 Å². The molecule has 1 heterocycles. The first-order chi connectivity index (χ1) is 23.2. The molecule has 5 rings (SSSR count). The number of alkyl halides is 3. The van der Waals surface area contributed by atoms with Crippen LogP contribution in [0.25, 0.3) is 0 Å². The summed E-state index contributed by atoms with van der Waals surface area (Å²) < 4.78 is 34.4. The van der Waals surface area contributed by atoms with Crippen LogP contribution in [0.3, 0.4) is 0 Å². The highest BCUT2D eigenvalue weighted by Crippen LogP contribution is 2.34. The fourth-order valence-electron chi connectivity index (χ4n) is 4.91. The van der Waals surface area contributed by atoms with Crippen LogP contribution in [0.15, 0.2) is 121 Å². The molecule has 48 heavy (non-hydrogen) atoms. The Balaban J connectivity index is 1.51. The first-order valence-corrected chi connectivity index (χ1v) is 16.1. The maximum absolute atomic E-state index is 13.5. The molecule has 1 aliphatic rings. The largest absolute Gasteiger partial charge is 0.459 e. The van der Waals surface area contributed by atoms with Gasteiger partial charge >= 0.3 is 11.9 Å². The molecular formula is C36H32Cl3NO8. The second-order valence-electron chi connectivity index (χ2n) is 10.7. The van der Waals surface area contributed by atoms with Gasteiger partial charge in [-0.15, -0.1) is 0 Å². The van der Waals surface area contributed by atoms with Gasteiger partial charge in [0.1, 0.15) is 24.9 Å². The van der Waals surface area contributed by atoms with Crippen LogP contribution in [0.1, 0.15) is 31.8 Å². The highest BCUT2D eigenvalue weighted by molar-refractivity contribution is 6.76. The summed E-state index contributed by atoms with van der Waals surface area (Å²) in [7, 11) is 0. The molecule has 0 spiro atoms. The SMILES string of the molecule is N=C(O[C@H]1O[C@H](COC(=O)c2ccccc2)[C@H](OC(=O)c2ccccc2)[C@H](OCc2ccccc2)[C@H]1OCc1ccccc1)C(Cl)(Cl)Cl. The second-order valence-corrected chi connectivity index (χ2v) is 13.0. The number of rotatable bonds is 12. The minimum absolute atomic E-state index is 0.0635. The van der Waals surface area contributed by atoms with Crippen molar-refractivity contribution in [3.8, 4) is 0 Å². The van der Waals surface area contributed by atoms with E-state index in [1.807, 2.05) is 60.7 Å². The number of halogens is 3. The van der Waals surface area contributed by atoms with E-state index >= 15 is 0 Å². The molecule has 12 heteroatoms. The number of benzene rings is 4. The molecular weight excluding hydrogens is 681 g/mol. The third kappa shape index (κ3) is 9.79. The monoisotopic (exact) mass is 711 g/mol. The lowest BCUT2D eigenvalue weighted by molar-refractivity contribution is -0.302. The maximum Gasteiger partial charge on any atom is 0.338 e. The minimum atomic E-state index is -2.24. The number of hydrogen-bond donors (Lipinski definition) is 1. The van der Waals surface area contributed by atoms with Gasteiger partial charge < -0.3 is 28.4 Å². The zero-order chi connectivity index (χ0) is 33.9. The Kier molecular flexibility index (Phi) is 12.5. The Hall–Kier alpha value is -3.96. The molecule has 250 valence electrons. The van der Waals surface area contributed by atoms with Gasteiger partial charge in [-0.05, 0) is 35.4 Å². The normalized spacial score (nSPS) is 20.8. The zero-order valence-electron chi connectivity index (χ0n) is 25.5. The fraction of sp³-hybridized carbons (Fsp3) is 0.250. The average molecular weight is 713 g/mol. The Morgan fingerprint density at radius 1 is 0.625 bits per heavy atom. The van der Waals surface area contributed by atoms with Crippen LogP contribution in [-0.2, 0) is 41.6 Å². The van der Waals surface area contributed by atoms with Crippen molar-refractivity contribution in [2.75, 3.05) is 6.61 Å². The van der Waals surface area contributed by atoms with Crippen LogP contribution in [0.4, 0.5) is 0 Å². The van der Waals surface area contributed by atoms with Crippen LogP contribution < -0.4 is 0 Å². The lowest BCUT2D eigenvalue weighted by Gasteiger charge is -2.45. The molecule has 1 aliphatic heterocycles.